The highest BCUT2D eigenvalue weighted by molar-refractivity contribution is 5.40. The summed E-state index contributed by atoms with van der Waals surface area (Å²) in [5.41, 5.74) is 6.77. The zero-order valence-electron chi connectivity index (χ0n) is 11.3. The van der Waals surface area contributed by atoms with Crippen molar-refractivity contribution >= 4 is 0 Å². The largest absolute Gasteiger partial charge is 0.493 e. The van der Waals surface area contributed by atoms with Crippen molar-refractivity contribution in [3.63, 3.8) is 0 Å². The van der Waals surface area contributed by atoms with Crippen LogP contribution in [0.5, 0.6) is 11.5 Å². The number of ether oxygens (including phenoxy) is 2. The molecule has 0 saturated carbocycles. The van der Waals surface area contributed by atoms with Gasteiger partial charge in [0.05, 0.1) is 19.1 Å². The van der Waals surface area contributed by atoms with E-state index in [9.17, 15) is 8.78 Å². The molecule has 1 heterocycles. The van der Waals surface area contributed by atoms with Crippen LogP contribution >= 0.6 is 0 Å². The van der Waals surface area contributed by atoms with Gasteiger partial charge >= 0.3 is 0 Å². The van der Waals surface area contributed by atoms with Gasteiger partial charge in [-0.1, -0.05) is 18.2 Å². The summed E-state index contributed by atoms with van der Waals surface area (Å²) in [4.78, 5) is 0. The molecule has 0 saturated heterocycles. The standard InChI is InChI=1S/C16H15F2NO2/c17-13-5-10(7-19)6-14(18)16(13)21-9-11-8-20-15-4-2-1-3-12(11)15/h1-6,11H,7-9,19H2. The van der Waals surface area contributed by atoms with Crippen molar-refractivity contribution in [2.24, 2.45) is 5.73 Å². The normalized spacial score (nSPS) is 16.4. The third kappa shape index (κ3) is 2.69. The van der Waals surface area contributed by atoms with Crippen LogP contribution in [0.1, 0.15) is 17.0 Å². The van der Waals surface area contributed by atoms with E-state index in [0.29, 0.717) is 12.2 Å². The molecule has 1 aliphatic rings. The topological polar surface area (TPSA) is 44.5 Å². The molecule has 0 amide bonds. The summed E-state index contributed by atoms with van der Waals surface area (Å²) < 4.78 is 38.5. The van der Waals surface area contributed by atoms with E-state index in [-0.39, 0.29) is 24.8 Å². The molecule has 110 valence electrons. The molecule has 0 spiro atoms. The Bertz CT molecular complexity index is 637. The van der Waals surface area contributed by atoms with Gasteiger partial charge in [-0.05, 0) is 23.8 Å². The molecule has 0 bridgehead atoms. The summed E-state index contributed by atoms with van der Waals surface area (Å²) in [6.45, 7) is 0.689. The highest BCUT2D eigenvalue weighted by Crippen LogP contribution is 2.34. The van der Waals surface area contributed by atoms with Gasteiger partial charge < -0.3 is 15.2 Å². The van der Waals surface area contributed by atoms with E-state index in [1.165, 1.54) is 12.1 Å². The lowest BCUT2D eigenvalue weighted by atomic mass is 10.0. The lowest BCUT2D eigenvalue weighted by molar-refractivity contribution is 0.232. The fraction of sp³-hybridized carbons (Fsp3) is 0.250. The van der Waals surface area contributed by atoms with E-state index in [0.717, 1.165) is 11.3 Å². The van der Waals surface area contributed by atoms with Gasteiger partial charge in [0, 0.05) is 12.1 Å². The van der Waals surface area contributed by atoms with Crippen LogP contribution in [0.4, 0.5) is 8.78 Å². The summed E-state index contributed by atoms with van der Waals surface area (Å²) >= 11 is 0. The Kier molecular flexibility index (Phi) is 3.75. The van der Waals surface area contributed by atoms with Crippen LogP contribution in [-0.4, -0.2) is 13.2 Å². The van der Waals surface area contributed by atoms with Crippen LogP contribution < -0.4 is 15.2 Å². The lowest BCUT2D eigenvalue weighted by Crippen LogP contribution is -2.13. The lowest BCUT2D eigenvalue weighted by Gasteiger charge is -2.13. The van der Waals surface area contributed by atoms with Crippen molar-refractivity contribution in [1.82, 2.24) is 0 Å². The quantitative estimate of drug-likeness (QED) is 0.942. The highest BCUT2D eigenvalue weighted by atomic mass is 19.1. The molecule has 1 atom stereocenters. The second kappa shape index (κ2) is 5.69. The van der Waals surface area contributed by atoms with Crippen LogP contribution in [0.25, 0.3) is 0 Å². The molecule has 3 rings (SSSR count). The van der Waals surface area contributed by atoms with Crippen LogP contribution in [0, 0.1) is 11.6 Å². The van der Waals surface area contributed by atoms with Crippen molar-refractivity contribution < 1.29 is 18.3 Å². The second-order valence-electron chi connectivity index (χ2n) is 4.95. The number of rotatable bonds is 4. The number of hydrogen-bond donors (Lipinski definition) is 1. The number of benzene rings is 2. The summed E-state index contributed by atoms with van der Waals surface area (Å²) in [6, 6.07) is 9.97. The predicted molar refractivity (Wildman–Crippen MR) is 74.4 cm³/mol. The molecule has 3 nitrogen and oxygen atoms in total. The number of fused-ring (bicyclic) bond motifs is 1. The van der Waals surface area contributed by atoms with Gasteiger partial charge in [0.15, 0.2) is 17.4 Å². The fourth-order valence-corrected chi connectivity index (χ4v) is 2.42. The number of hydrogen-bond acceptors (Lipinski definition) is 3. The molecule has 1 unspecified atom stereocenters. The first-order valence-electron chi connectivity index (χ1n) is 6.71. The minimum absolute atomic E-state index is 0.0332. The van der Waals surface area contributed by atoms with Crippen LogP contribution in [0.3, 0.4) is 0 Å². The molecule has 0 radical (unpaired) electrons. The first-order chi connectivity index (χ1) is 10.2. The van der Waals surface area contributed by atoms with Crippen molar-refractivity contribution in [3.05, 3.63) is 59.2 Å². The summed E-state index contributed by atoms with van der Waals surface area (Å²) in [5.74, 6) is -1.07. The summed E-state index contributed by atoms with van der Waals surface area (Å²) in [6.07, 6.45) is 0. The zero-order chi connectivity index (χ0) is 14.8. The van der Waals surface area contributed by atoms with Gasteiger partial charge in [0.25, 0.3) is 0 Å². The van der Waals surface area contributed by atoms with Crippen LogP contribution in [0.2, 0.25) is 0 Å². The molecular weight excluding hydrogens is 276 g/mol. The summed E-state index contributed by atoms with van der Waals surface area (Å²) in [5, 5.41) is 0. The maximum Gasteiger partial charge on any atom is 0.190 e. The first kappa shape index (κ1) is 13.8. The van der Waals surface area contributed by atoms with Crippen molar-refractivity contribution in [2.75, 3.05) is 13.2 Å². The van der Waals surface area contributed by atoms with Crippen LogP contribution in [-0.2, 0) is 6.54 Å². The molecule has 0 fully saturated rings. The SMILES string of the molecule is NCc1cc(F)c(OCC2COc3ccccc32)c(F)c1. The molecule has 0 aromatic heterocycles. The fourth-order valence-electron chi connectivity index (χ4n) is 2.42. The molecular formula is C16H15F2NO2. The van der Waals surface area contributed by atoms with Crippen molar-refractivity contribution in [1.29, 1.82) is 0 Å². The van der Waals surface area contributed by atoms with E-state index in [2.05, 4.69) is 0 Å². The second-order valence-corrected chi connectivity index (χ2v) is 4.95. The predicted octanol–water partition coefficient (Wildman–Crippen LogP) is 2.98. The van der Waals surface area contributed by atoms with Gasteiger partial charge in [-0.15, -0.1) is 0 Å². The average Bonchev–Trinajstić information content (AvgIpc) is 2.89. The van der Waals surface area contributed by atoms with Gasteiger partial charge in [0.1, 0.15) is 5.75 Å². The molecule has 0 aliphatic carbocycles. The van der Waals surface area contributed by atoms with Crippen molar-refractivity contribution in [2.45, 2.75) is 12.5 Å². The molecule has 2 aromatic rings. The Hall–Kier alpha value is -2.14. The minimum Gasteiger partial charge on any atom is -0.493 e. The summed E-state index contributed by atoms with van der Waals surface area (Å²) in [7, 11) is 0. The minimum atomic E-state index is -0.734. The Morgan fingerprint density at radius 2 is 1.90 bits per heavy atom. The van der Waals surface area contributed by atoms with E-state index >= 15 is 0 Å². The van der Waals surface area contributed by atoms with Gasteiger partial charge in [-0.25, -0.2) is 8.78 Å². The van der Waals surface area contributed by atoms with Gasteiger partial charge in [-0.2, -0.15) is 0 Å². The van der Waals surface area contributed by atoms with Gasteiger partial charge in [-0.3, -0.25) is 0 Å². The molecule has 21 heavy (non-hydrogen) atoms. The van der Waals surface area contributed by atoms with Crippen molar-refractivity contribution in [3.8, 4) is 11.5 Å². The number of nitrogens with two attached hydrogens (primary N) is 1. The van der Waals surface area contributed by atoms with E-state index in [4.69, 9.17) is 15.2 Å². The first-order valence-corrected chi connectivity index (χ1v) is 6.71. The Morgan fingerprint density at radius 1 is 1.19 bits per heavy atom. The Balaban J connectivity index is 1.75. The van der Waals surface area contributed by atoms with Crippen LogP contribution in [0.15, 0.2) is 36.4 Å². The maximum absolute atomic E-state index is 13.8. The monoisotopic (exact) mass is 291 g/mol. The molecule has 2 N–H and O–H groups in total. The molecule has 5 heteroatoms. The third-order valence-electron chi connectivity index (χ3n) is 3.52. The van der Waals surface area contributed by atoms with Gasteiger partial charge in [0.2, 0.25) is 0 Å². The number of para-hydroxylation sites is 1. The van der Waals surface area contributed by atoms with E-state index < -0.39 is 11.6 Å². The maximum atomic E-state index is 13.8. The van der Waals surface area contributed by atoms with E-state index in [1.807, 2.05) is 24.3 Å². The Morgan fingerprint density at radius 3 is 2.62 bits per heavy atom. The third-order valence-corrected chi connectivity index (χ3v) is 3.52. The number of halogens is 2. The average molecular weight is 291 g/mol. The molecule has 1 aliphatic heterocycles. The Labute approximate surface area is 121 Å². The smallest absolute Gasteiger partial charge is 0.190 e. The van der Waals surface area contributed by atoms with E-state index in [1.54, 1.807) is 0 Å². The molecule has 2 aromatic carbocycles. The zero-order valence-corrected chi connectivity index (χ0v) is 11.3. The highest BCUT2D eigenvalue weighted by Gasteiger charge is 2.25.